The van der Waals surface area contributed by atoms with Gasteiger partial charge >= 0.3 is 0 Å². The first kappa shape index (κ1) is 7.92. The summed E-state index contributed by atoms with van der Waals surface area (Å²) < 4.78 is 0. The molecule has 1 heterocycles. The first-order valence-corrected chi connectivity index (χ1v) is 3.69. The molecule has 11 heavy (non-hydrogen) atoms. The standard InChI is InChI=1S/C9H11NO/c1-3-9-7(2)8(6-11)4-5-10-9/h4-6H,3H2,1-2H3. The normalized spacial score (nSPS) is 9.64. The van der Waals surface area contributed by atoms with Gasteiger partial charge in [-0.15, -0.1) is 0 Å². The van der Waals surface area contributed by atoms with Crippen LogP contribution in [0.1, 0.15) is 28.5 Å². The fourth-order valence-corrected chi connectivity index (χ4v) is 1.08. The number of hydrogen-bond donors (Lipinski definition) is 0. The second-order valence-electron chi connectivity index (χ2n) is 2.44. The highest BCUT2D eigenvalue weighted by Crippen LogP contribution is 2.08. The fraction of sp³-hybridized carbons (Fsp3) is 0.333. The van der Waals surface area contributed by atoms with Crippen LogP contribution in [-0.2, 0) is 6.42 Å². The molecule has 58 valence electrons. The Morgan fingerprint density at radius 3 is 2.91 bits per heavy atom. The van der Waals surface area contributed by atoms with Gasteiger partial charge in [0.05, 0.1) is 0 Å². The van der Waals surface area contributed by atoms with Crippen molar-refractivity contribution in [2.45, 2.75) is 20.3 Å². The molecule has 0 spiro atoms. The SMILES string of the molecule is CCc1nccc(C=O)c1C. The van der Waals surface area contributed by atoms with Crippen LogP contribution in [0.2, 0.25) is 0 Å². The van der Waals surface area contributed by atoms with Gasteiger partial charge in [-0.2, -0.15) is 0 Å². The van der Waals surface area contributed by atoms with Crippen LogP contribution in [0, 0.1) is 6.92 Å². The third-order valence-electron chi connectivity index (χ3n) is 1.81. The molecule has 0 aliphatic rings. The maximum atomic E-state index is 10.5. The molecule has 2 heteroatoms. The molecule has 0 N–H and O–H groups in total. The lowest BCUT2D eigenvalue weighted by Crippen LogP contribution is -1.95. The number of aryl methyl sites for hydroxylation is 1. The van der Waals surface area contributed by atoms with Gasteiger partial charge in [0.2, 0.25) is 0 Å². The number of carbonyl (C=O) groups excluding carboxylic acids is 1. The Kier molecular flexibility index (Phi) is 2.36. The molecule has 0 fully saturated rings. The number of carbonyl (C=O) groups is 1. The van der Waals surface area contributed by atoms with Gasteiger partial charge in [0.1, 0.15) is 6.29 Å². The number of hydrogen-bond acceptors (Lipinski definition) is 2. The highest BCUT2D eigenvalue weighted by molar-refractivity contribution is 5.77. The van der Waals surface area contributed by atoms with Crippen molar-refractivity contribution in [2.24, 2.45) is 0 Å². The third-order valence-corrected chi connectivity index (χ3v) is 1.81. The number of nitrogens with zero attached hydrogens (tertiary/aromatic N) is 1. The highest BCUT2D eigenvalue weighted by Gasteiger charge is 2.00. The maximum Gasteiger partial charge on any atom is 0.150 e. The maximum absolute atomic E-state index is 10.5. The van der Waals surface area contributed by atoms with E-state index >= 15 is 0 Å². The molecule has 0 amide bonds. The van der Waals surface area contributed by atoms with Gasteiger partial charge in [0.15, 0.2) is 0 Å². The van der Waals surface area contributed by atoms with Gasteiger partial charge < -0.3 is 0 Å². The van der Waals surface area contributed by atoms with Crippen LogP contribution in [0.4, 0.5) is 0 Å². The topological polar surface area (TPSA) is 30.0 Å². The van der Waals surface area contributed by atoms with E-state index in [9.17, 15) is 4.79 Å². The van der Waals surface area contributed by atoms with Crippen LogP contribution in [0.25, 0.3) is 0 Å². The van der Waals surface area contributed by atoms with Crippen molar-refractivity contribution in [1.82, 2.24) is 4.98 Å². The third kappa shape index (κ3) is 1.45. The van der Waals surface area contributed by atoms with Gasteiger partial charge in [0, 0.05) is 17.5 Å². The number of aromatic nitrogens is 1. The summed E-state index contributed by atoms with van der Waals surface area (Å²) in [6, 6.07) is 1.74. The Labute approximate surface area is 66.3 Å². The minimum Gasteiger partial charge on any atom is -0.298 e. The Hall–Kier alpha value is -1.18. The zero-order chi connectivity index (χ0) is 8.27. The highest BCUT2D eigenvalue weighted by atomic mass is 16.1. The quantitative estimate of drug-likeness (QED) is 0.600. The second kappa shape index (κ2) is 3.28. The van der Waals surface area contributed by atoms with Gasteiger partial charge in [0.25, 0.3) is 0 Å². The fourth-order valence-electron chi connectivity index (χ4n) is 1.08. The molecule has 0 saturated heterocycles. The summed E-state index contributed by atoms with van der Waals surface area (Å²) in [4.78, 5) is 14.6. The molecule has 1 aromatic rings. The van der Waals surface area contributed by atoms with E-state index in [0.29, 0.717) is 0 Å². The first-order chi connectivity index (χ1) is 5.29. The lowest BCUT2D eigenvalue weighted by Gasteiger charge is -2.02. The van der Waals surface area contributed by atoms with Crippen LogP contribution in [0.3, 0.4) is 0 Å². The lowest BCUT2D eigenvalue weighted by molar-refractivity contribution is 0.112. The van der Waals surface area contributed by atoms with Crippen molar-refractivity contribution in [3.05, 3.63) is 29.1 Å². The zero-order valence-electron chi connectivity index (χ0n) is 6.79. The molecule has 0 aromatic carbocycles. The minimum atomic E-state index is 0.747. The molecule has 0 saturated carbocycles. The van der Waals surface area contributed by atoms with Gasteiger partial charge in [-0.25, -0.2) is 0 Å². The number of pyridine rings is 1. The first-order valence-electron chi connectivity index (χ1n) is 3.69. The Morgan fingerprint density at radius 2 is 2.36 bits per heavy atom. The largest absolute Gasteiger partial charge is 0.298 e. The van der Waals surface area contributed by atoms with Crippen LogP contribution >= 0.6 is 0 Å². The van der Waals surface area contributed by atoms with E-state index in [-0.39, 0.29) is 0 Å². The molecule has 0 bridgehead atoms. The van der Waals surface area contributed by atoms with Crippen LogP contribution < -0.4 is 0 Å². The minimum absolute atomic E-state index is 0.747. The summed E-state index contributed by atoms with van der Waals surface area (Å²) >= 11 is 0. The summed E-state index contributed by atoms with van der Waals surface area (Å²) in [5.41, 5.74) is 2.76. The van der Waals surface area contributed by atoms with E-state index in [2.05, 4.69) is 4.98 Å². The summed E-state index contributed by atoms with van der Waals surface area (Å²) in [5.74, 6) is 0. The van der Waals surface area contributed by atoms with Crippen LogP contribution in [0.15, 0.2) is 12.3 Å². The van der Waals surface area contributed by atoms with Crippen molar-refractivity contribution >= 4 is 6.29 Å². The van der Waals surface area contributed by atoms with E-state index < -0.39 is 0 Å². The molecule has 0 atom stereocenters. The molecule has 0 radical (unpaired) electrons. The van der Waals surface area contributed by atoms with E-state index in [1.165, 1.54) is 0 Å². The summed E-state index contributed by atoms with van der Waals surface area (Å²) in [6.45, 7) is 3.96. The van der Waals surface area contributed by atoms with Crippen molar-refractivity contribution in [3.63, 3.8) is 0 Å². The summed E-state index contributed by atoms with van der Waals surface area (Å²) in [6.07, 6.45) is 3.43. The summed E-state index contributed by atoms with van der Waals surface area (Å²) in [7, 11) is 0. The Morgan fingerprint density at radius 1 is 1.64 bits per heavy atom. The molecule has 0 aliphatic carbocycles. The molecular formula is C9H11NO. The van der Waals surface area contributed by atoms with Gasteiger partial charge in [-0.1, -0.05) is 6.92 Å². The van der Waals surface area contributed by atoms with Crippen molar-refractivity contribution in [1.29, 1.82) is 0 Å². The van der Waals surface area contributed by atoms with E-state index in [0.717, 1.165) is 29.5 Å². The zero-order valence-corrected chi connectivity index (χ0v) is 6.79. The molecule has 0 aliphatic heterocycles. The Bertz CT molecular complexity index is 268. The molecule has 1 rings (SSSR count). The lowest BCUT2D eigenvalue weighted by atomic mass is 10.1. The predicted octanol–water partition coefficient (Wildman–Crippen LogP) is 1.76. The number of aldehydes is 1. The van der Waals surface area contributed by atoms with Crippen molar-refractivity contribution in [3.8, 4) is 0 Å². The monoisotopic (exact) mass is 149 g/mol. The molecule has 1 aromatic heterocycles. The van der Waals surface area contributed by atoms with E-state index in [1.54, 1.807) is 12.3 Å². The smallest absolute Gasteiger partial charge is 0.150 e. The van der Waals surface area contributed by atoms with Crippen LogP contribution in [0.5, 0.6) is 0 Å². The van der Waals surface area contributed by atoms with Crippen molar-refractivity contribution in [2.75, 3.05) is 0 Å². The van der Waals surface area contributed by atoms with Gasteiger partial charge in [-0.05, 0) is 25.0 Å². The van der Waals surface area contributed by atoms with E-state index in [1.807, 2.05) is 13.8 Å². The summed E-state index contributed by atoms with van der Waals surface area (Å²) in [5, 5.41) is 0. The molecule has 0 unspecified atom stereocenters. The predicted molar refractivity (Wildman–Crippen MR) is 43.7 cm³/mol. The van der Waals surface area contributed by atoms with E-state index in [4.69, 9.17) is 0 Å². The number of rotatable bonds is 2. The van der Waals surface area contributed by atoms with Crippen LogP contribution in [-0.4, -0.2) is 11.3 Å². The average Bonchev–Trinajstić information content (AvgIpc) is 2.05. The average molecular weight is 149 g/mol. The molecule has 2 nitrogen and oxygen atoms in total. The van der Waals surface area contributed by atoms with Crippen molar-refractivity contribution < 1.29 is 4.79 Å². The Balaban J connectivity index is 3.20. The molecular weight excluding hydrogens is 138 g/mol. The second-order valence-corrected chi connectivity index (χ2v) is 2.44. The van der Waals surface area contributed by atoms with Gasteiger partial charge in [-0.3, -0.25) is 9.78 Å².